The van der Waals surface area contributed by atoms with E-state index < -0.39 is 17.5 Å². The van der Waals surface area contributed by atoms with E-state index in [1.807, 2.05) is 16.8 Å². The number of aliphatic hydroxyl groups is 1. The molecule has 5 N–H and O–H groups in total. The van der Waals surface area contributed by atoms with Gasteiger partial charge in [0.05, 0.1) is 36.1 Å². The summed E-state index contributed by atoms with van der Waals surface area (Å²) in [5, 5.41) is 30.0. The molecule has 1 aliphatic carbocycles. The van der Waals surface area contributed by atoms with Crippen molar-refractivity contribution < 1.29 is 14.3 Å². The van der Waals surface area contributed by atoms with Gasteiger partial charge >= 0.3 is 0 Å². The molecule has 0 saturated heterocycles. The van der Waals surface area contributed by atoms with E-state index >= 15 is 0 Å². The molecule has 190 valence electrons. The number of aryl methyl sites for hydroxylation is 1. The lowest BCUT2D eigenvalue weighted by Crippen LogP contribution is -2.28. The van der Waals surface area contributed by atoms with E-state index in [1.54, 1.807) is 6.07 Å². The van der Waals surface area contributed by atoms with E-state index in [0.717, 1.165) is 40.5 Å². The summed E-state index contributed by atoms with van der Waals surface area (Å²) >= 11 is 1.51. The molecule has 4 aromatic rings. The Hall–Kier alpha value is -3.87. The number of halogens is 1. The van der Waals surface area contributed by atoms with Crippen molar-refractivity contribution in [3.05, 3.63) is 73.6 Å². The second-order valence-corrected chi connectivity index (χ2v) is 10.3. The molecule has 0 radical (unpaired) electrons. The second kappa shape index (κ2) is 9.54. The Kier molecular flexibility index (Phi) is 6.07. The first-order valence-electron chi connectivity index (χ1n) is 12.0. The van der Waals surface area contributed by atoms with Gasteiger partial charge in [0, 0.05) is 34.5 Å². The molecule has 3 aromatic heterocycles. The van der Waals surface area contributed by atoms with Crippen molar-refractivity contribution in [3.63, 3.8) is 0 Å². The van der Waals surface area contributed by atoms with Crippen molar-refractivity contribution in [1.82, 2.24) is 25.3 Å². The molecule has 1 aromatic carbocycles. The number of hydrogen-bond donors (Lipinski definition) is 5. The maximum absolute atomic E-state index is 14.6. The summed E-state index contributed by atoms with van der Waals surface area (Å²) < 4.78 is 16.4. The van der Waals surface area contributed by atoms with Crippen molar-refractivity contribution >= 4 is 34.4 Å². The molecule has 0 fully saturated rings. The molecule has 0 spiro atoms. The lowest BCUT2D eigenvalue weighted by molar-refractivity contribution is -0.115. The topological polar surface area (TPSA) is 137 Å². The molecular formula is C25H24FN7O3S. The van der Waals surface area contributed by atoms with Gasteiger partial charge in [-0.3, -0.25) is 14.3 Å². The van der Waals surface area contributed by atoms with Crippen LogP contribution in [0.15, 0.2) is 41.2 Å². The lowest BCUT2D eigenvalue weighted by atomic mass is 10.1. The summed E-state index contributed by atoms with van der Waals surface area (Å²) in [7, 11) is 0. The monoisotopic (exact) mass is 521 g/mol. The number of aliphatic hydroxyl groups excluding tert-OH is 1. The van der Waals surface area contributed by atoms with E-state index in [1.165, 1.54) is 29.5 Å². The van der Waals surface area contributed by atoms with Crippen LogP contribution in [-0.4, -0.2) is 37.5 Å². The number of rotatable bonds is 6. The first-order chi connectivity index (χ1) is 17.9. The highest BCUT2D eigenvalue weighted by atomic mass is 32.1. The quantitative estimate of drug-likeness (QED) is 0.263. The molecule has 10 nitrogen and oxygen atoms in total. The van der Waals surface area contributed by atoms with E-state index in [0.29, 0.717) is 30.0 Å². The first-order valence-corrected chi connectivity index (χ1v) is 12.8. The van der Waals surface area contributed by atoms with Gasteiger partial charge in [-0.25, -0.2) is 9.49 Å². The van der Waals surface area contributed by atoms with Gasteiger partial charge in [0.25, 0.3) is 5.56 Å². The molecular weight excluding hydrogens is 497 g/mol. The summed E-state index contributed by atoms with van der Waals surface area (Å²) in [6.45, 7) is 2.28. The predicted molar refractivity (Wildman–Crippen MR) is 137 cm³/mol. The van der Waals surface area contributed by atoms with E-state index in [9.17, 15) is 19.1 Å². The standard InChI is InChI=1S/C25H24FN7O3S/c26-17-2-1-13(7-19(17)29-24(35)10-15-9-16-21(34)3-4-22(16)37-15)18-11-20(25(36)31-30-18)28-23-8-14-12-27-5-6-33(14)32-23/h1-2,7-9,11,21,27,34H,3-6,10,12H2,(H,29,35)(H,31,36)(H,28,30,32). The number of aromatic amines is 1. The van der Waals surface area contributed by atoms with Crippen molar-refractivity contribution in [2.75, 3.05) is 17.2 Å². The summed E-state index contributed by atoms with van der Waals surface area (Å²) in [5.74, 6) is -0.401. The van der Waals surface area contributed by atoms with Crippen LogP contribution >= 0.6 is 11.3 Å². The molecule has 1 unspecified atom stereocenters. The molecule has 12 heteroatoms. The van der Waals surface area contributed by atoms with Gasteiger partial charge in [-0.1, -0.05) is 0 Å². The van der Waals surface area contributed by atoms with Gasteiger partial charge in [0.15, 0.2) is 5.82 Å². The van der Waals surface area contributed by atoms with Crippen molar-refractivity contribution in [2.24, 2.45) is 0 Å². The van der Waals surface area contributed by atoms with Gasteiger partial charge in [-0.2, -0.15) is 10.2 Å². The maximum atomic E-state index is 14.6. The Balaban J connectivity index is 1.20. The predicted octanol–water partition coefficient (Wildman–Crippen LogP) is 2.84. The average Bonchev–Trinajstić information content (AvgIpc) is 3.57. The number of H-pyrrole nitrogens is 1. The van der Waals surface area contributed by atoms with Crippen LogP contribution in [0.1, 0.15) is 33.5 Å². The third-order valence-corrected chi connectivity index (χ3v) is 7.71. The van der Waals surface area contributed by atoms with Crippen molar-refractivity contribution in [3.8, 4) is 11.3 Å². The Morgan fingerprint density at radius 1 is 1.24 bits per heavy atom. The number of anilines is 3. The van der Waals surface area contributed by atoms with Crippen LogP contribution in [0.5, 0.6) is 0 Å². The van der Waals surface area contributed by atoms with E-state index in [-0.39, 0.29) is 23.7 Å². The Morgan fingerprint density at radius 2 is 2.14 bits per heavy atom. The lowest BCUT2D eigenvalue weighted by Gasteiger charge is -2.13. The zero-order valence-corrected chi connectivity index (χ0v) is 20.5. The van der Waals surface area contributed by atoms with Gasteiger partial charge in [0.2, 0.25) is 5.91 Å². The zero-order chi connectivity index (χ0) is 25.5. The zero-order valence-electron chi connectivity index (χ0n) is 19.7. The molecule has 1 aliphatic heterocycles. The largest absolute Gasteiger partial charge is 0.388 e. The van der Waals surface area contributed by atoms with Gasteiger partial charge in [-0.15, -0.1) is 11.3 Å². The number of thiophene rings is 1. The Bertz CT molecular complexity index is 1540. The van der Waals surface area contributed by atoms with E-state index in [4.69, 9.17) is 0 Å². The van der Waals surface area contributed by atoms with E-state index in [2.05, 4.69) is 31.2 Å². The highest BCUT2D eigenvalue weighted by Crippen LogP contribution is 2.37. The molecule has 4 heterocycles. The smallest absolute Gasteiger partial charge is 0.287 e. The first kappa shape index (κ1) is 23.5. The van der Waals surface area contributed by atoms with Gasteiger partial charge in [0.1, 0.15) is 11.5 Å². The number of aromatic nitrogens is 4. The summed E-state index contributed by atoms with van der Waals surface area (Å²) in [4.78, 5) is 27.0. The third-order valence-electron chi connectivity index (χ3n) is 6.50. The second-order valence-electron chi connectivity index (χ2n) is 9.11. The fourth-order valence-electron chi connectivity index (χ4n) is 4.66. The van der Waals surface area contributed by atoms with Gasteiger partial charge < -0.3 is 21.1 Å². The fraction of sp³-hybridized carbons (Fsp3) is 0.280. The average molecular weight is 522 g/mol. The number of carbonyl (C=O) groups excluding carboxylic acids is 1. The highest BCUT2D eigenvalue weighted by molar-refractivity contribution is 7.12. The summed E-state index contributed by atoms with van der Waals surface area (Å²) in [5.41, 5.74) is 2.66. The minimum absolute atomic E-state index is 0.0171. The number of nitrogens with one attached hydrogen (secondary N) is 4. The number of nitrogens with zero attached hydrogens (tertiary/aromatic N) is 3. The van der Waals surface area contributed by atoms with Crippen LogP contribution < -0.4 is 21.5 Å². The van der Waals surface area contributed by atoms with Crippen molar-refractivity contribution in [1.29, 1.82) is 0 Å². The number of amides is 1. The minimum atomic E-state index is -0.582. The van der Waals surface area contributed by atoms with Crippen LogP contribution in [-0.2, 0) is 30.7 Å². The summed E-state index contributed by atoms with van der Waals surface area (Å²) in [6.07, 6.45) is 1.13. The Morgan fingerprint density at radius 3 is 2.97 bits per heavy atom. The number of carbonyl (C=O) groups is 1. The molecule has 1 amide bonds. The van der Waals surface area contributed by atoms with Crippen LogP contribution in [0.4, 0.5) is 21.6 Å². The molecule has 0 bridgehead atoms. The van der Waals surface area contributed by atoms with Crippen LogP contribution in [0, 0.1) is 5.82 Å². The number of hydrogen-bond acceptors (Lipinski definition) is 8. The molecule has 2 aliphatic rings. The van der Waals surface area contributed by atoms with Gasteiger partial charge in [-0.05, 0) is 48.7 Å². The Labute approximate surface area is 214 Å². The molecule has 1 atom stereocenters. The normalized spacial score (nSPS) is 16.3. The minimum Gasteiger partial charge on any atom is -0.388 e. The molecule has 6 rings (SSSR count). The molecule has 0 saturated carbocycles. The number of fused-ring (bicyclic) bond motifs is 2. The van der Waals surface area contributed by atoms with Crippen LogP contribution in [0.25, 0.3) is 11.3 Å². The number of benzene rings is 1. The fourth-order valence-corrected chi connectivity index (χ4v) is 5.90. The highest BCUT2D eigenvalue weighted by Gasteiger charge is 2.24. The third kappa shape index (κ3) is 4.78. The van der Waals surface area contributed by atoms with Crippen molar-refractivity contribution in [2.45, 2.75) is 38.5 Å². The SMILES string of the molecule is O=C(Cc1cc2c(s1)CCC2O)Nc1cc(-c2cc(Nc3cc4n(n3)CCNC4)c(=O)[nH]n2)ccc1F. The molecule has 37 heavy (non-hydrogen) atoms. The van der Waals surface area contributed by atoms with Crippen LogP contribution in [0.3, 0.4) is 0 Å². The summed E-state index contributed by atoms with van der Waals surface area (Å²) in [6, 6.07) is 9.55. The van der Waals surface area contributed by atoms with Crippen LogP contribution in [0.2, 0.25) is 0 Å². The maximum Gasteiger partial charge on any atom is 0.287 e.